The highest BCUT2D eigenvalue weighted by Crippen LogP contribution is 2.23. The van der Waals surface area contributed by atoms with Gasteiger partial charge in [0.2, 0.25) is 4.80 Å². The van der Waals surface area contributed by atoms with Crippen LogP contribution < -0.4 is 14.9 Å². The third kappa shape index (κ3) is 4.37. The second kappa shape index (κ2) is 8.01. The van der Waals surface area contributed by atoms with E-state index in [1.54, 1.807) is 42.5 Å². The molecule has 0 saturated carbocycles. The summed E-state index contributed by atoms with van der Waals surface area (Å²) in [6, 6.07) is 18.8. The van der Waals surface area contributed by atoms with E-state index in [1.165, 1.54) is 16.8 Å². The number of thiazole rings is 1. The number of benzene rings is 3. The van der Waals surface area contributed by atoms with Crippen LogP contribution in [0, 0.1) is 19.3 Å². The van der Waals surface area contributed by atoms with Gasteiger partial charge in [0.05, 0.1) is 15.1 Å². The van der Waals surface area contributed by atoms with Gasteiger partial charge in [0.1, 0.15) is 0 Å². The van der Waals surface area contributed by atoms with E-state index in [9.17, 15) is 13.2 Å². The third-order valence-electron chi connectivity index (χ3n) is 4.72. The Labute approximate surface area is 183 Å². The summed E-state index contributed by atoms with van der Waals surface area (Å²) in [6.07, 6.45) is 0. The van der Waals surface area contributed by atoms with Crippen LogP contribution in [-0.4, -0.2) is 19.0 Å². The van der Waals surface area contributed by atoms with Gasteiger partial charge in [0, 0.05) is 11.3 Å². The fraction of sp³-hybridized carbons (Fsp3) is 0.0909. The van der Waals surface area contributed by atoms with E-state index >= 15 is 0 Å². The molecule has 0 fully saturated rings. The first kappa shape index (κ1) is 20.8. The summed E-state index contributed by atoms with van der Waals surface area (Å²) in [5.41, 5.74) is 3.65. The smallest absolute Gasteiger partial charge is 0.275 e. The predicted molar refractivity (Wildman–Crippen MR) is 123 cm³/mol. The molecule has 1 heterocycles. The fourth-order valence-electron chi connectivity index (χ4n) is 3.01. The Kier molecular flexibility index (Phi) is 5.38. The van der Waals surface area contributed by atoms with Crippen molar-refractivity contribution in [3.8, 4) is 0 Å². The fourth-order valence-corrected chi connectivity index (χ4v) is 4.99. The first-order valence-corrected chi connectivity index (χ1v) is 11.7. The van der Waals surface area contributed by atoms with Crippen LogP contribution in [0.4, 0.5) is 5.69 Å². The zero-order chi connectivity index (χ0) is 22.2. The van der Waals surface area contributed by atoms with Crippen molar-refractivity contribution < 1.29 is 13.2 Å². The molecule has 0 spiro atoms. The molecule has 0 atom stereocenters. The number of aromatic nitrogens is 1. The van der Waals surface area contributed by atoms with E-state index in [2.05, 4.69) is 10.1 Å². The lowest BCUT2D eigenvalue weighted by atomic mass is 10.1. The molecule has 4 aromatic rings. The number of nitrogens with zero attached hydrogens (tertiary/aromatic N) is 1. The van der Waals surface area contributed by atoms with Crippen molar-refractivity contribution in [2.24, 2.45) is 0 Å². The van der Waals surface area contributed by atoms with E-state index < -0.39 is 10.0 Å². The molecule has 3 N–H and O–H groups in total. The SMILES string of the molecule is Cc1ccc(C(=O)Nc2ccc3c(c2)sc(=N)n3NS(=O)(=O)c2ccc(C)cc2)cc1. The lowest BCUT2D eigenvalue weighted by molar-refractivity contribution is 0.102. The Bertz CT molecular complexity index is 1440. The summed E-state index contributed by atoms with van der Waals surface area (Å²) < 4.78 is 27.4. The second-order valence-electron chi connectivity index (χ2n) is 7.15. The van der Waals surface area contributed by atoms with Crippen molar-refractivity contribution in [3.63, 3.8) is 0 Å². The number of aryl methyl sites for hydroxylation is 2. The molecule has 0 unspecified atom stereocenters. The zero-order valence-electron chi connectivity index (χ0n) is 16.8. The summed E-state index contributed by atoms with van der Waals surface area (Å²) in [6.45, 7) is 3.83. The van der Waals surface area contributed by atoms with Crippen LogP contribution in [0.5, 0.6) is 0 Å². The largest absolute Gasteiger partial charge is 0.322 e. The van der Waals surface area contributed by atoms with Gasteiger partial charge >= 0.3 is 0 Å². The van der Waals surface area contributed by atoms with Gasteiger partial charge in [0.15, 0.2) is 0 Å². The summed E-state index contributed by atoms with van der Waals surface area (Å²) in [5.74, 6) is -0.241. The summed E-state index contributed by atoms with van der Waals surface area (Å²) in [7, 11) is -3.85. The van der Waals surface area contributed by atoms with E-state index in [0.717, 1.165) is 22.5 Å². The summed E-state index contributed by atoms with van der Waals surface area (Å²) in [4.78, 5) is 15.1. The lowest BCUT2D eigenvalue weighted by Crippen LogP contribution is -2.29. The van der Waals surface area contributed by atoms with Crippen LogP contribution in [0.2, 0.25) is 0 Å². The molecule has 0 aliphatic heterocycles. The Hall–Kier alpha value is -3.43. The number of rotatable bonds is 5. The Morgan fingerprint density at radius 3 is 2.19 bits per heavy atom. The number of sulfonamides is 1. The molecular formula is C22H20N4O3S2. The molecule has 0 radical (unpaired) electrons. The normalized spacial score (nSPS) is 11.4. The number of anilines is 1. The number of fused-ring (bicyclic) bond motifs is 1. The van der Waals surface area contributed by atoms with Crippen LogP contribution in [0.3, 0.4) is 0 Å². The summed E-state index contributed by atoms with van der Waals surface area (Å²) in [5, 5.41) is 11.0. The van der Waals surface area contributed by atoms with Gasteiger partial charge < -0.3 is 5.32 Å². The molecule has 7 nitrogen and oxygen atoms in total. The highest BCUT2D eigenvalue weighted by atomic mass is 32.2. The molecule has 4 rings (SSSR count). The molecule has 1 aromatic heterocycles. The number of hydrogen-bond donors (Lipinski definition) is 3. The minimum Gasteiger partial charge on any atom is -0.322 e. The molecule has 9 heteroatoms. The van der Waals surface area contributed by atoms with Crippen molar-refractivity contribution >= 4 is 43.2 Å². The first-order valence-electron chi connectivity index (χ1n) is 9.41. The number of amides is 1. The maximum atomic E-state index is 12.7. The van der Waals surface area contributed by atoms with Gasteiger partial charge in [-0.15, -0.1) is 0 Å². The van der Waals surface area contributed by atoms with Gasteiger partial charge in [-0.25, -0.2) is 9.51 Å². The van der Waals surface area contributed by atoms with Gasteiger partial charge in [-0.3, -0.25) is 10.2 Å². The van der Waals surface area contributed by atoms with E-state index in [4.69, 9.17) is 5.41 Å². The molecule has 0 aliphatic carbocycles. The first-order chi connectivity index (χ1) is 14.7. The second-order valence-corrected chi connectivity index (χ2v) is 9.84. The quantitative estimate of drug-likeness (QED) is 0.427. The molecule has 0 saturated heterocycles. The van der Waals surface area contributed by atoms with Crippen LogP contribution in [0.25, 0.3) is 10.2 Å². The molecule has 31 heavy (non-hydrogen) atoms. The minimum atomic E-state index is -3.85. The van der Waals surface area contributed by atoms with Crippen molar-refractivity contribution in [1.29, 1.82) is 5.41 Å². The van der Waals surface area contributed by atoms with E-state index in [-0.39, 0.29) is 15.6 Å². The summed E-state index contributed by atoms with van der Waals surface area (Å²) >= 11 is 1.11. The number of hydrogen-bond acceptors (Lipinski definition) is 5. The highest BCUT2D eigenvalue weighted by molar-refractivity contribution is 7.92. The number of nitrogens with one attached hydrogen (secondary N) is 3. The van der Waals surface area contributed by atoms with Crippen LogP contribution in [0.15, 0.2) is 71.6 Å². The standard InChI is InChI=1S/C22H20N4O3S2/c1-14-3-7-16(8-4-14)21(27)24-17-9-12-19-20(13-17)30-22(23)26(19)25-31(28,29)18-10-5-15(2)6-11-18/h3-13,23,25H,1-2H3,(H,24,27). The van der Waals surface area contributed by atoms with Crippen LogP contribution in [0.1, 0.15) is 21.5 Å². The predicted octanol–water partition coefficient (Wildman–Crippen LogP) is 3.98. The third-order valence-corrected chi connectivity index (χ3v) is 6.96. The molecular weight excluding hydrogens is 432 g/mol. The highest BCUT2D eigenvalue weighted by Gasteiger charge is 2.17. The topological polar surface area (TPSA) is 104 Å². The van der Waals surface area contributed by atoms with Crippen molar-refractivity contribution in [2.45, 2.75) is 18.7 Å². The maximum absolute atomic E-state index is 12.7. The molecule has 3 aromatic carbocycles. The lowest BCUT2D eigenvalue weighted by Gasteiger charge is -2.10. The van der Waals surface area contributed by atoms with Crippen LogP contribution >= 0.6 is 11.3 Å². The van der Waals surface area contributed by atoms with Gasteiger partial charge in [-0.05, 0) is 56.3 Å². The Morgan fingerprint density at radius 1 is 0.935 bits per heavy atom. The molecule has 1 amide bonds. The molecule has 0 bridgehead atoms. The monoisotopic (exact) mass is 452 g/mol. The number of carbonyl (C=O) groups is 1. The average Bonchev–Trinajstić information content (AvgIpc) is 3.02. The van der Waals surface area contributed by atoms with Gasteiger partial charge in [-0.1, -0.05) is 46.7 Å². The van der Waals surface area contributed by atoms with Crippen molar-refractivity contribution in [3.05, 3.63) is 88.2 Å². The van der Waals surface area contributed by atoms with E-state index in [1.807, 2.05) is 26.0 Å². The maximum Gasteiger partial charge on any atom is 0.275 e. The van der Waals surface area contributed by atoms with Gasteiger partial charge in [-0.2, -0.15) is 8.42 Å². The van der Waals surface area contributed by atoms with Crippen LogP contribution in [-0.2, 0) is 10.0 Å². The minimum absolute atomic E-state index is 0.0210. The van der Waals surface area contributed by atoms with E-state index in [0.29, 0.717) is 21.5 Å². The van der Waals surface area contributed by atoms with Gasteiger partial charge in [0.25, 0.3) is 15.9 Å². The average molecular weight is 453 g/mol. The zero-order valence-corrected chi connectivity index (χ0v) is 18.5. The molecule has 158 valence electrons. The number of carbonyl (C=O) groups excluding carboxylic acids is 1. The van der Waals surface area contributed by atoms with Crippen molar-refractivity contribution in [2.75, 3.05) is 10.1 Å². The molecule has 0 aliphatic rings. The Morgan fingerprint density at radius 2 is 1.55 bits per heavy atom. The Balaban J connectivity index is 1.61. The van der Waals surface area contributed by atoms with Crippen molar-refractivity contribution in [1.82, 2.24) is 4.68 Å².